The van der Waals surface area contributed by atoms with Gasteiger partial charge in [-0.1, -0.05) is 12.1 Å². The number of pyridine rings is 1. The summed E-state index contributed by atoms with van der Waals surface area (Å²) in [6.07, 6.45) is 3.43. The molecule has 0 spiro atoms. The second-order valence-electron chi connectivity index (χ2n) is 7.80. The molecule has 1 amide bonds. The Hall–Kier alpha value is -3.80. The first kappa shape index (κ1) is 17.1. The van der Waals surface area contributed by atoms with Gasteiger partial charge in [0, 0.05) is 22.8 Å². The molecule has 30 heavy (non-hydrogen) atoms. The van der Waals surface area contributed by atoms with Crippen molar-refractivity contribution in [1.29, 1.82) is 0 Å². The van der Waals surface area contributed by atoms with E-state index in [1.165, 1.54) is 0 Å². The van der Waals surface area contributed by atoms with Crippen LogP contribution in [0.4, 0.5) is 5.69 Å². The Morgan fingerprint density at radius 1 is 1.00 bits per heavy atom. The molecule has 4 aromatic rings. The number of fused-ring (bicyclic) bond motifs is 2. The number of nitrogens with zero attached hydrogens (tertiary/aromatic N) is 1. The van der Waals surface area contributed by atoms with E-state index in [1.807, 2.05) is 54.6 Å². The third-order valence-electron chi connectivity index (χ3n) is 5.93. The van der Waals surface area contributed by atoms with E-state index in [9.17, 15) is 4.79 Å². The standard InChI is InChI=1S/C24H19N3O3/c28-23(24(8-9-24)16-4-7-21-22(13-16)30-14-29-21)26-17-5-6-18-15(11-17)12-20(27-18)19-3-1-2-10-25-19/h1-7,10-13,27H,8-9,14H2,(H,26,28). The molecule has 6 nitrogen and oxygen atoms in total. The topological polar surface area (TPSA) is 76.2 Å². The Labute approximate surface area is 172 Å². The molecule has 148 valence electrons. The maximum atomic E-state index is 13.2. The highest BCUT2D eigenvalue weighted by molar-refractivity contribution is 6.02. The minimum atomic E-state index is -0.493. The molecule has 0 bridgehead atoms. The fourth-order valence-electron chi connectivity index (χ4n) is 4.09. The van der Waals surface area contributed by atoms with Crippen molar-refractivity contribution in [2.24, 2.45) is 0 Å². The molecule has 2 aromatic carbocycles. The van der Waals surface area contributed by atoms with Crippen LogP contribution in [0.2, 0.25) is 0 Å². The number of carbonyl (C=O) groups is 1. The van der Waals surface area contributed by atoms with Gasteiger partial charge in [-0.3, -0.25) is 9.78 Å². The third kappa shape index (κ3) is 2.72. The van der Waals surface area contributed by atoms with E-state index in [2.05, 4.69) is 21.4 Å². The zero-order valence-electron chi connectivity index (χ0n) is 16.1. The lowest BCUT2D eigenvalue weighted by Gasteiger charge is -2.16. The van der Waals surface area contributed by atoms with E-state index in [4.69, 9.17) is 9.47 Å². The number of anilines is 1. The maximum absolute atomic E-state index is 13.2. The number of aromatic nitrogens is 2. The number of amides is 1. The van der Waals surface area contributed by atoms with Crippen LogP contribution in [0, 0.1) is 0 Å². The first-order valence-electron chi connectivity index (χ1n) is 9.97. The summed E-state index contributed by atoms with van der Waals surface area (Å²) in [5.74, 6) is 1.46. The molecule has 6 heteroatoms. The number of nitrogens with one attached hydrogen (secondary N) is 2. The molecule has 1 aliphatic carbocycles. The number of carbonyl (C=O) groups excluding carboxylic acids is 1. The monoisotopic (exact) mass is 397 g/mol. The van der Waals surface area contributed by atoms with Gasteiger partial charge in [-0.2, -0.15) is 0 Å². The normalized spacial score (nSPS) is 15.9. The van der Waals surface area contributed by atoms with Gasteiger partial charge in [0.05, 0.1) is 16.8 Å². The maximum Gasteiger partial charge on any atom is 0.235 e. The van der Waals surface area contributed by atoms with Gasteiger partial charge in [0.2, 0.25) is 12.7 Å². The third-order valence-corrected chi connectivity index (χ3v) is 5.93. The van der Waals surface area contributed by atoms with Crippen molar-refractivity contribution < 1.29 is 14.3 Å². The molecule has 0 unspecified atom stereocenters. The van der Waals surface area contributed by atoms with Crippen molar-refractivity contribution in [2.75, 3.05) is 12.1 Å². The molecule has 2 N–H and O–H groups in total. The van der Waals surface area contributed by atoms with Crippen molar-refractivity contribution in [3.8, 4) is 22.9 Å². The fourth-order valence-corrected chi connectivity index (χ4v) is 4.09. The number of H-pyrrole nitrogens is 1. The van der Waals surface area contributed by atoms with Crippen LogP contribution in [0.1, 0.15) is 18.4 Å². The predicted molar refractivity (Wildman–Crippen MR) is 114 cm³/mol. The molecular formula is C24H19N3O3. The SMILES string of the molecule is O=C(Nc1ccc2[nH]c(-c3ccccn3)cc2c1)C1(c2ccc3c(c2)OCO3)CC1. The van der Waals surface area contributed by atoms with Gasteiger partial charge in [-0.15, -0.1) is 0 Å². The summed E-state index contributed by atoms with van der Waals surface area (Å²) in [5.41, 5.74) is 4.11. The van der Waals surface area contributed by atoms with Crippen molar-refractivity contribution in [1.82, 2.24) is 9.97 Å². The van der Waals surface area contributed by atoms with Gasteiger partial charge in [0.25, 0.3) is 0 Å². The Kier molecular flexibility index (Phi) is 3.62. The molecule has 2 aliphatic rings. The van der Waals surface area contributed by atoms with Crippen LogP contribution in [-0.4, -0.2) is 22.7 Å². The first-order chi connectivity index (χ1) is 14.7. The Morgan fingerprint density at radius 3 is 2.73 bits per heavy atom. The molecule has 1 aliphatic heterocycles. The lowest BCUT2D eigenvalue weighted by molar-refractivity contribution is -0.118. The molecular weight excluding hydrogens is 378 g/mol. The zero-order valence-corrected chi connectivity index (χ0v) is 16.1. The largest absolute Gasteiger partial charge is 0.454 e. The molecule has 0 saturated heterocycles. The van der Waals surface area contributed by atoms with E-state index in [0.29, 0.717) is 5.75 Å². The second-order valence-corrected chi connectivity index (χ2v) is 7.80. The van der Waals surface area contributed by atoms with Crippen LogP contribution >= 0.6 is 0 Å². The summed E-state index contributed by atoms with van der Waals surface area (Å²) in [6.45, 7) is 0.231. The first-order valence-corrected chi connectivity index (χ1v) is 9.97. The highest BCUT2D eigenvalue weighted by Crippen LogP contribution is 2.51. The number of hydrogen-bond acceptors (Lipinski definition) is 4. The molecule has 1 fully saturated rings. The quantitative estimate of drug-likeness (QED) is 0.526. The van der Waals surface area contributed by atoms with E-state index in [1.54, 1.807) is 6.20 Å². The van der Waals surface area contributed by atoms with Crippen molar-refractivity contribution in [3.63, 3.8) is 0 Å². The van der Waals surface area contributed by atoms with Crippen molar-refractivity contribution in [2.45, 2.75) is 18.3 Å². The van der Waals surface area contributed by atoms with Gasteiger partial charge in [-0.25, -0.2) is 0 Å². The molecule has 3 heterocycles. The van der Waals surface area contributed by atoms with Crippen molar-refractivity contribution >= 4 is 22.5 Å². The minimum absolute atomic E-state index is 0.0150. The predicted octanol–water partition coefficient (Wildman–Crippen LogP) is 4.63. The van der Waals surface area contributed by atoms with Crippen LogP contribution in [0.5, 0.6) is 11.5 Å². The lowest BCUT2D eigenvalue weighted by atomic mass is 9.94. The average molecular weight is 397 g/mol. The van der Waals surface area contributed by atoms with E-state index in [-0.39, 0.29) is 12.7 Å². The van der Waals surface area contributed by atoms with E-state index >= 15 is 0 Å². The van der Waals surface area contributed by atoms with Gasteiger partial charge in [-0.05, 0) is 66.9 Å². The Morgan fingerprint density at radius 2 is 1.90 bits per heavy atom. The highest BCUT2D eigenvalue weighted by Gasteiger charge is 2.51. The lowest BCUT2D eigenvalue weighted by Crippen LogP contribution is -2.27. The molecule has 6 rings (SSSR count). The second kappa shape index (κ2) is 6.35. The van der Waals surface area contributed by atoms with Gasteiger partial charge < -0.3 is 19.8 Å². The van der Waals surface area contributed by atoms with Gasteiger partial charge in [0.1, 0.15) is 0 Å². The van der Waals surface area contributed by atoms with E-state index < -0.39 is 5.41 Å². The smallest absolute Gasteiger partial charge is 0.235 e. The summed E-state index contributed by atoms with van der Waals surface area (Å²) >= 11 is 0. The fraction of sp³-hybridized carbons (Fsp3) is 0.167. The highest BCUT2D eigenvalue weighted by atomic mass is 16.7. The number of aromatic amines is 1. The van der Waals surface area contributed by atoms with Crippen LogP contribution in [0.3, 0.4) is 0 Å². The van der Waals surface area contributed by atoms with Crippen LogP contribution < -0.4 is 14.8 Å². The number of benzene rings is 2. The summed E-state index contributed by atoms with van der Waals surface area (Å²) in [6, 6.07) is 19.6. The number of rotatable bonds is 4. The molecule has 1 saturated carbocycles. The minimum Gasteiger partial charge on any atom is -0.454 e. The van der Waals surface area contributed by atoms with E-state index in [0.717, 1.165) is 52.1 Å². The summed E-state index contributed by atoms with van der Waals surface area (Å²) in [4.78, 5) is 20.9. The summed E-state index contributed by atoms with van der Waals surface area (Å²) < 4.78 is 10.9. The zero-order chi connectivity index (χ0) is 20.1. The Bertz CT molecular complexity index is 1280. The van der Waals surface area contributed by atoms with Crippen molar-refractivity contribution in [3.05, 3.63) is 72.4 Å². The molecule has 0 radical (unpaired) electrons. The number of ether oxygens (including phenoxy) is 2. The Balaban J connectivity index is 1.27. The van der Waals surface area contributed by atoms with Crippen LogP contribution in [-0.2, 0) is 10.2 Å². The van der Waals surface area contributed by atoms with Crippen LogP contribution in [0.25, 0.3) is 22.3 Å². The molecule has 2 aromatic heterocycles. The summed E-state index contributed by atoms with van der Waals surface area (Å²) in [5, 5.41) is 4.14. The summed E-state index contributed by atoms with van der Waals surface area (Å²) in [7, 11) is 0. The van der Waals surface area contributed by atoms with Gasteiger partial charge in [0.15, 0.2) is 11.5 Å². The van der Waals surface area contributed by atoms with Crippen LogP contribution in [0.15, 0.2) is 66.9 Å². The molecule has 0 atom stereocenters. The number of hydrogen-bond donors (Lipinski definition) is 2. The average Bonchev–Trinajstić information content (AvgIpc) is 3.27. The van der Waals surface area contributed by atoms with Gasteiger partial charge >= 0.3 is 0 Å².